The van der Waals surface area contributed by atoms with Gasteiger partial charge < -0.3 is 15.2 Å². The van der Waals surface area contributed by atoms with E-state index in [0.717, 1.165) is 24.8 Å². The van der Waals surface area contributed by atoms with Gasteiger partial charge in [-0.2, -0.15) is 0 Å². The van der Waals surface area contributed by atoms with Crippen molar-refractivity contribution in [1.82, 2.24) is 5.32 Å². The van der Waals surface area contributed by atoms with Crippen molar-refractivity contribution in [3.05, 3.63) is 35.9 Å². The number of aliphatic carboxylic acids is 1. The highest BCUT2D eigenvalue weighted by atomic mass is 16.5. The third kappa shape index (κ3) is 3.65. The summed E-state index contributed by atoms with van der Waals surface area (Å²) in [4.78, 5) is 24.0. The minimum atomic E-state index is -0.830. The van der Waals surface area contributed by atoms with Gasteiger partial charge >= 0.3 is 5.97 Å². The van der Waals surface area contributed by atoms with E-state index in [1.807, 2.05) is 30.3 Å². The molecule has 0 aliphatic heterocycles. The Bertz CT molecular complexity index is 509. The highest BCUT2D eigenvalue weighted by Gasteiger charge is 2.40. The van der Waals surface area contributed by atoms with Crippen molar-refractivity contribution in [2.45, 2.75) is 38.2 Å². The summed E-state index contributed by atoms with van der Waals surface area (Å²) >= 11 is 0. The van der Waals surface area contributed by atoms with Crippen molar-refractivity contribution in [3.63, 3.8) is 0 Å². The van der Waals surface area contributed by atoms with Crippen molar-refractivity contribution < 1.29 is 19.4 Å². The Hall–Kier alpha value is -1.88. The topological polar surface area (TPSA) is 75.6 Å². The number of nitrogens with one attached hydrogen (secondary N) is 1. The summed E-state index contributed by atoms with van der Waals surface area (Å²) in [5.41, 5.74) is -0.0707. The molecule has 1 saturated carbocycles. The zero-order chi connectivity index (χ0) is 16.0. The molecule has 0 aromatic heterocycles. The standard InChI is InChI=1S/C17H23NO4/c1-22-14(13-8-4-2-5-9-13)15(19)18-12-17(16(20)21)10-6-3-7-11-17/h2,4-5,8-9,14H,3,6-7,10-12H2,1H3,(H,18,19)(H,20,21)/t14-/m1/s1. The average molecular weight is 305 g/mol. The van der Waals surface area contributed by atoms with Gasteiger partial charge in [-0.1, -0.05) is 49.6 Å². The van der Waals surface area contributed by atoms with Gasteiger partial charge in [0.05, 0.1) is 5.41 Å². The van der Waals surface area contributed by atoms with Crippen LogP contribution in [-0.4, -0.2) is 30.6 Å². The van der Waals surface area contributed by atoms with E-state index in [4.69, 9.17) is 4.74 Å². The number of methoxy groups -OCH3 is 1. The number of hydrogen-bond donors (Lipinski definition) is 2. The molecule has 5 heteroatoms. The van der Waals surface area contributed by atoms with Crippen LogP contribution >= 0.6 is 0 Å². The fourth-order valence-corrected chi connectivity index (χ4v) is 3.07. The molecule has 1 aromatic rings. The maximum Gasteiger partial charge on any atom is 0.311 e. The molecular formula is C17H23NO4. The maximum absolute atomic E-state index is 12.4. The van der Waals surface area contributed by atoms with Crippen LogP contribution in [0.25, 0.3) is 0 Å². The molecule has 2 rings (SSSR count). The molecule has 1 aromatic carbocycles. The number of carboxylic acid groups (broad SMARTS) is 1. The number of rotatable bonds is 6. The third-order valence-electron chi connectivity index (χ3n) is 4.44. The fraction of sp³-hybridized carbons (Fsp3) is 0.529. The summed E-state index contributed by atoms with van der Waals surface area (Å²) in [5, 5.41) is 12.3. The Morgan fingerprint density at radius 2 is 1.86 bits per heavy atom. The molecule has 0 saturated heterocycles. The molecule has 0 bridgehead atoms. The summed E-state index contributed by atoms with van der Waals surface area (Å²) < 4.78 is 5.27. The van der Waals surface area contributed by atoms with E-state index in [0.29, 0.717) is 12.8 Å². The van der Waals surface area contributed by atoms with Crippen molar-refractivity contribution in [1.29, 1.82) is 0 Å². The van der Waals surface area contributed by atoms with Crippen molar-refractivity contribution in [2.75, 3.05) is 13.7 Å². The molecule has 22 heavy (non-hydrogen) atoms. The lowest BCUT2D eigenvalue weighted by molar-refractivity contribution is -0.151. The molecular weight excluding hydrogens is 282 g/mol. The van der Waals surface area contributed by atoms with Gasteiger partial charge in [0.25, 0.3) is 5.91 Å². The van der Waals surface area contributed by atoms with Gasteiger partial charge in [-0.3, -0.25) is 9.59 Å². The van der Waals surface area contributed by atoms with Crippen LogP contribution in [0.4, 0.5) is 0 Å². The molecule has 1 atom stereocenters. The van der Waals surface area contributed by atoms with Crippen LogP contribution in [-0.2, 0) is 14.3 Å². The van der Waals surface area contributed by atoms with Gasteiger partial charge in [-0.15, -0.1) is 0 Å². The van der Waals surface area contributed by atoms with Crippen molar-refractivity contribution in [2.24, 2.45) is 5.41 Å². The largest absolute Gasteiger partial charge is 0.481 e. The second-order valence-corrected chi connectivity index (χ2v) is 5.89. The van der Waals surface area contributed by atoms with E-state index in [9.17, 15) is 14.7 Å². The van der Waals surface area contributed by atoms with Gasteiger partial charge in [0.2, 0.25) is 0 Å². The number of carbonyl (C=O) groups excluding carboxylic acids is 1. The number of amides is 1. The van der Waals surface area contributed by atoms with Gasteiger partial charge in [-0.25, -0.2) is 0 Å². The summed E-state index contributed by atoms with van der Waals surface area (Å²) in [7, 11) is 1.48. The molecule has 0 unspecified atom stereocenters. The minimum absolute atomic E-state index is 0.161. The normalized spacial score (nSPS) is 18.4. The zero-order valence-corrected chi connectivity index (χ0v) is 12.9. The second kappa shape index (κ2) is 7.40. The van der Waals surface area contributed by atoms with Crippen LogP contribution in [0.2, 0.25) is 0 Å². The molecule has 1 aliphatic rings. The number of hydrogen-bond acceptors (Lipinski definition) is 3. The Balaban J connectivity index is 2.02. The first kappa shape index (κ1) is 16.5. The molecule has 0 spiro atoms. The average Bonchev–Trinajstić information content (AvgIpc) is 2.55. The van der Waals surface area contributed by atoms with E-state index in [2.05, 4.69) is 5.32 Å². The molecule has 1 amide bonds. The molecule has 0 radical (unpaired) electrons. The maximum atomic E-state index is 12.4. The number of ether oxygens (including phenoxy) is 1. The first-order valence-electron chi connectivity index (χ1n) is 7.68. The molecule has 1 aliphatic carbocycles. The van der Waals surface area contributed by atoms with Crippen LogP contribution in [0.5, 0.6) is 0 Å². The molecule has 120 valence electrons. The zero-order valence-electron chi connectivity index (χ0n) is 12.9. The van der Waals surface area contributed by atoms with Gasteiger partial charge in [0.1, 0.15) is 0 Å². The summed E-state index contributed by atoms with van der Waals surface area (Å²) in [5.74, 6) is -1.11. The quantitative estimate of drug-likeness (QED) is 0.847. The van der Waals surface area contributed by atoms with Crippen molar-refractivity contribution >= 4 is 11.9 Å². The Morgan fingerprint density at radius 1 is 1.23 bits per heavy atom. The monoisotopic (exact) mass is 305 g/mol. The SMILES string of the molecule is CO[C@@H](C(=O)NCC1(C(=O)O)CCCCC1)c1ccccc1. The highest BCUT2D eigenvalue weighted by molar-refractivity contribution is 5.83. The minimum Gasteiger partial charge on any atom is -0.481 e. The van der Waals surface area contributed by atoms with Crippen molar-refractivity contribution in [3.8, 4) is 0 Å². The Kier molecular flexibility index (Phi) is 5.55. The highest BCUT2D eigenvalue weighted by Crippen LogP contribution is 2.36. The number of carboxylic acids is 1. The van der Waals surface area contributed by atoms with E-state index < -0.39 is 17.5 Å². The molecule has 0 heterocycles. The lowest BCUT2D eigenvalue weighted by Gasteiger charge is -2.33. The van der Waals surface area contributed by atoms with E-state index in [1.165, 1.54) is 7.11 Å². The summed E-state index contributed by atoms with van der Waals surface area (Å²) in [6, 6.07) is 9.20. The third-order valence-corrected chi connectivity index (χ3v) is 4.44. The van der Waals surface area contributed by atoms with E-state index >= 15 is 0 Å². The van der Waals surface area contributed by atoms with Gasteiger partial charge in [0.15, 0.2) is 6.10 Å². The predicted molar refractivity (Wildman–Crippen MR) is 82.4 cm³/mol. The van der Waals surface area contributed by atoms with Crippen LogP contribution in [0, 0.1) is 5.41 Å². The van der Waals surface area contributed by atoms with Gasteiger partial charge in [0, 0.05) is 13.7 Å². The first-order chi connectivity index (χ1) is 10.6. The molecule has 2 N–H and O–H groups in total. The van der Waals surface area contributed by atoms with Gasteiger partial charge in [-0.05, 0) is 18.4 Å². The molecule has 5 nitrogen and oxygen atoms in total. The summed E-state index contributed by atoms with van der Waals surface area (Å²) in [6.45, 7) is 0.161. The van der Waals surface area contributed by atoms with Crippen LogP contribution < -0.4 is 5.32 Å². The molecule has 1 fully saturated rings. The second-order valence-electron chi connectivity index (χ2n) is 5.89. The number of carbonyl (C=O) groups is 2. The first-order valence-corrected chi connectivity index (χ1v) is 7.68. The predicted octanol–water partition coefficient (Wildman–Crippen LogP) is 2.53. The Labute approximate surface area is 130 Å². The van der Waals surface area contributed by atoms with Crippen LogP contribution in [0.3, 0.4) is 0 Å². The smallest absolute Gasteiger partial charge is 0.311 e. The summed E-state index contributed by atoms with van der Waals surface area (Å²) in [6.07, 6.45) is 3.38. The van der Waals surface area contributed by atoms with Crippen LogP contribution in [0.1, 0.15) is 43.8 Å². The number of benzene rings is 1. The lowest BCUT2D eigenvalue weighted by Crippen LogP contribution is -2.45. The lowest BCUT2D eigenvalue weighted by atomic mass is 9.74. The van der Waals surface area contributed by atoms with E-state index in [1.54, 1.807) is 0 Å². The Morgan fingerprint density at radius 3 is 2.41 bits per heavy atom. The fourth-order valence-electron chi connectivity index (χ4n) is 3.07. The van der Waals surface area contributed by atoms with E-state index in [-0.39, 0.29) is 12.5 Å². The van der Waals surface area contributed by atoms with Crippen LogP contribution in [0.15, 0.2) is 30.3 Å².